The molecular weight excluding hydrogens is 210 g/mol. The van der Waals surface area contributed by atoms with Crippen LogP contribution < -0.4 is 5.32 Å². The van der Waals surface area contributed by atoms with E-state index in [0.29, 0.717) is 6.04 Å². The second-order valence-corrected chi connectivity index (χ2v) is 4.71. The van der Waals surface area contributed by atoms with Crippen LogP contribution in [0.3, 0.4) is 0 Å². The number of imidazole rings is 1. The van der Waals surface area contributed by atoms with Gasteiger partial charge in [0.15, 0.2) is 0 Å². The summed E-state index contributed by atoms with van der Waals surface area (Å²) in [6, 6.07) is 9.24. The Morgan fingerprint density at radius 1 is 1.29 bits per heavy atom. The molecule has 0 amide bonds. The predicted octanol–water partition coefficient (Wildman–Crippen LogP) is 2.39. The van der Waals surface area contributed by atoms with Crippen LogP contribution in [0.15, 0.2) is 36.7 Å². The van der Waals surface area contributed by atoms with Gasteiger partial charge in [0.25, 0.3) is 0 Å². The number of benzene rings is 1. The molecule has 1 aliphatic rings. The lowest BCUT2D eigenvalue weighted by atomic mass is 9.88. The zero-order valence-corrected chi connectivity index (χ0v) is 10.1. The topological polar surface area (TPSA) is 29.9 Å². The van der Waals surface area contributed by atoms with Crippen molar-refractivity contribution in [2.45, 2.75) is 25.3 Å². The van der Waals surface area contributed by atoms with Gasteiger partial charge in [0.1, 0.15) is 0 Å². The summed E-state index contributed by atoms with van der Waals surface area (Å²) in [7, 11) is 2.02. The van der Waals surface area contributed by atoms with Gasteiger partial charge >= 0.3 is 0 Å². The van der Waals surface area contributed by atoms with Gasteiger partial charge < -0.3 is 9.88 Å². The largest absolute Gasteiger partial charge is 0.353 e. The molecule has 0 aliphatic heterocycles. The fraction of sp³-hybridized carbons (Fsp3) is 0.357. The Kier molecular flexibility index (Phi) is 2.59. The first-order valence-corrected chi connectivity index (χ1v) is 6.13. The molecule has 1 heterocycles. The van der Waals surface area contributed by atoms with Gasteiger partial charge in [-0.05, 0) is 30.4 Å². The average molecular weight is 227 g/mol. The Morgan fingerprint density at radius 3 is 2.88 bits per heavy atom. The van der Waals surface area contributed by atoms with E-state index in [1.54, 1.807) is 0 Å². The average Bonchev–Trinajstić information content (AvgIpc) is 2.75. The van der Waals surface area contributed by atoms with E-state index >= 15 is 0 Å². The van der Waals surface area contributed by atoms with Crippen molar-refractivity contribution in [3.8, 4) is 0 Å². The second kappa shape index (κ2) is 4.24. The number of fused-ring (bicyclic) bond motifs is 1. The van der Waals surface area contributed by atoms with Crippen molar-refractivity contribution in [2.75, 3.05) is 5.32 Å². The molecule has 1 unspecified atom stereocenters. The van der Waals surface area contributed by atoms with Gasteiger partial charge in [-0.25, -0.2) is 4.98 Å². The van der Waals surface area contributed by atoms with Crippen LogP contribution >= 0.6 is 0 Å². The minimum Gasteiger partial charge on any atom is -0.353 e. The maximum Gasteiger partial charge on any atom is 0.202 e. The summed E-state index contributed by atoms with van der Waals surface area (Å²) in [5.74, 6) is 0.967. The van der Waals surface area contributed by atoms with Gasteiger partial charge in [0.05, 0.1) is 0 Å². The third-order valence-electron chi connectivity index (χ3n) is 3.50. The first kappa shape index (κ1) is 10.4. The fourth-order valence-electron chi connectivity index (χ4n) is 2.51. The summed E-state index contributed by atoms with van der Waals surface area (Å²) in [6.45, 7) is 0. The van der Waals surface area contributed by atoms with E-state index in [9.17, 15) is 0 Å². The first-order chi connectivity index (χ1) is 8.33. The number of nitrogens with one attached hydrogen (secondary N) is 1. The Hall–Kier alpha value is -1.77. The van der Waals surface area contributed by atoms with Gasteiger partial charge in [-0.15, -0.1) is 0 Å². The number of rotatable bonds is 2. The monoisotopic (exact) mass is 227 g/mol. The molecule has 3 nitrogen and oxygen atoms in total. The Morgan fingerprint density at radius 2 is 2.12 bits per heavy atom. The lowest BCUT2D eigenvalue weighted by Gasteiger charge is -2.25. The molecule has 3 rings (SSSR count). The van der Waals surface area contributed by atoms with Crippen LogP contribution in [0, 0.1) is 0 Å². The highest BCUT2D eigenvalue weighted by Gasteiger charge is 2.18. The van der Waals surface area contributed by atoms with E-state index in [0.717, 1.165) is 18.8 Å². The highest BCUT2D eigenvalue weighted by Crippen LogP contribution is 2.22. The standard InChI is InChI=1S/C14H17N3/c1-17-9-8-15-14(17)16-13-7-6-11-4-2-3-5-12(11)10-13/h2-5,8-9,13H,6-7,10H2,1H3,(H,15,16). The summed E-state index contributed by atoms with van der Waals surface area (Å²) >= 11 is 0. The third kappa shape index (κ3) is 2.05. The van der Waals surface area contributed by atoms with Crippen molar-refractivity contribution < 1.29 is 0 Å². The molecule has 1 aromatic carbocycles. The highest BCUT2D eigenvalue weighted by molar-refractivity contribution is 5.34. The van der Waals surface area contributed by atoms with Crippen LogP contribution in [0.1, 0.15) is 17.5 Å². The summed E-state index contributed by atoms with van der Waals surface area (Å²) in [6.07, 6.45) is 7.25. The van der Waals surface area contributed by atoms with E-state index in [1.165, 1.54) is 17.5 Å². The molecule has 1 aliphatic carbocycles. The van der Waals surface area contributed by atoms with Gasteiger partial charge in [-0.1, -0.05) is 24.3 Å². The Labute approximate surface area is 101 Å². The molecule has 0 radical (unpaired) electrons. The highest BCUT2D eigenvalue weighted by atomic mass is 15.2. The lowest BCUT2D eigenvalue weighted by molar-refractivity contribution is 0.603. The van der Waals surface area contributed by atoms with Crippen molar-refractivity contribution in [3.63, 3.8) is 0 Å². The van der Waals surface area contributed by atoms with E-state index in [4.69, 9.17) is 0 Å². The summed E-state index contributed by atoms with van der Waals surface area (Å²) < 4.78 is 2.03. The summed E-state index contributed by atoms with van der Waals surface area (Å²) in [5, 5.41) is 3.52. The molecule has 0 saturated heterocycles. The molecule has 0 bridgehead atoms. The summed E-state index contributed by atoms with van der Waals surface area (Å²) in [4.78, 5) is 4.32. The molecular formula is C14H17N3. The van der Waals surface area contributed by atoms with Crippen LogP contribution in [0.25, 0.3) is 0 Å². The van der Waals surface area contributed by atoms with Gasteiger partial charge in [-0.2, -0.15) is 0 Å². The molecule has 1 aromatic heterocycles. The number of nitrogens with zero attached hydrogens (tertiary/aromatic N) is 2. The van der Waals surface area contributed by atoms with Crippen LogP contribution in [-0.2, 0) is 19.9 Å². The van der Waals surface area contributed by atoms with Crippen LogP contribution in [-0.4, -0.2) is 15.6 Å². The van der Waals surface area contributed by atoms with E-state index in [-0.39, 0.29) is 0 Å². The molecule has 1 N–H and O–H groups in total. The quantitative estimate of drug-likeness (QED) is 0.853. The molecule has 3 heteroatoms. The molecule has 2 aromatic rings. The van der Waals surface area contributed by atoms with Gasteiger partial charge in [-0.3, -0.25) is 0 Å². The van der Waals surface area contributed by atoms with Crippen LogP contribution in [0.2, 0.25) is 0 Å². The van der Waals surface area contributed by atoms with Gasteiger partial charge in [0.2, 0.25) is 5.95 Å². The number of hydrogen-bond acceptors (Lipinski definition) is 2. The van der Waals surface area contributed by atoms with Crippen LogP contribution in [0.4, 0.5) is 5.95 Å². The minimum absolute atomic E-state index is 0.506. The predicted molar refractivity (Wildman–Crippen MR) is 69.1 cm³/mol. The fourth-order valence-corrected chi connectivity index (χ4v) is 2.51. The minimum atomic E-state index is 0.506. The number of anilines is 1. The first-order valence-electron chi connectivity index (χ1n) is 6.13. The van der Waals surface area contributed by atoms with E-state index < -0.39 is 0 Å². The molecule has 1 atom stereocenters. The Bertz CT molecular complexity index is 516. The molecule has 17 heavy (non-hydrogen) atoms. The van der Waals surface area contributed by atoms with Crippen molar-refractivity contribution in [2.24, 2.45) is 7.05 Å². The van der Waals surface area contributed by atoms with E-state index in [2.05, 4.69) is 34.6 Å². The molecule has 88 valence electrons. The van der Waals surface area contributed by atoms with Crippen molar-refractivity contribution in [3.05, 3.63) is 47.8 Å². The second-order valence-electron chi connectivity index (χ2n) is 4.71. The number of hydrogen-bond donors (Lipinski definition) is 1. The zero-order chi connectivity index (χ0) is 11.7. The molecule has 0 saturated carbocycles. The van der Waals surface area contributed by atoms with Crippen molar-refractivity contribution >= 4 is 5.95 Å². The van der Waals surface area contributed by atoms with E-state index in [1.807, 2.05) is 24.0 Å². The van der Waals surface area contributed by atoms with Crippen molar-refractivity contribution in [1.82, 2.24) is 9.55 Å². The Balaban J connectivity index is 1.74. The zero-order valence-electron chi connectivity index (χ0n) is 10.1. The smallest absolute Gasteiger partial charge is 0.202 e. The SMILES string of the molecule is Cn1ccnc1NC1CCc2ccccc2C1. The summed E-state index contributed by atoms with van der Waals surface area (Å²) in [5.41, 5.74) is 2.98. The maximum absolute atomic E-state index is 4.32. The number of aryl methyl sites for hydroxylation is 2. The lowest BCUT2D eigenvalue weighted by Crippen LogP contribution is -2.28. The maximum atomic E-state index is 4.32. The normalized spacial score (nSPS) is 18.8. The van der Waals surface area contributed by atoms with Crippen LogP contribution in [0.5, 0.6) is 0 Å². The third-order valence-corrected chi connectivity index (χ3v) is 3.50. The molecule has 0 fully saturated rings. The van der Waals surface area contributed by atoms with Gasteiger partial charge in [0, 0.05) is 25.5 Å². The number of aromatic nitrogens is 2. The molecule has 0 spiro atoms. The van der Waals surface area contributed by atoms with Crippen molar-refractivity contribution in [1.29, 1.82) is 0 Å².